The van der Waals surface area contributed by atoms with Gasteiger partial charge >= 0.3 is 0 Å². The van der Waals surface area contributed by atoms with Crippen molar-refractivity contribution < 1.29 is 9.53 Å². The molecule has 1 aromatic rings. The van der Waals surface area contributed by atoms with Crippen LogP contribution in [0, 0.1) is 23.2 Å². The molecule has 4 bridgehead atoms. The minimum Gasteiger partial charge on any atom is -0.373 e. The van der Waals surface area contributed by atoms with Crippen LogP contribution in [0.4, 0.5) is 0 Å². The molecular formula is C23H30N2O2S. The Morgan fingerprint density at radius 3 is 2.36 bits per heavy atom. The summed E-state index contributed by atoms with van der Waals surface area (Å²) in [5.41, 5.74) is 1.21. The van der Waals surface area contributed by atoms with Crippen LogP contribution in [0.2, 0.25) is 0 Å². The molecule has 1 amide bonds. The van der Waals surface area contributed by atoms with E-state index in [2.05, 4.69) is 9.88 Å². The van der Waals surface area contributed by atoms with Gasteiger partial charge in [-0.25, -0.2) is 0 Å². The van der Waals surface area contributed by atoms with E-state index in [0.29, 0.717) is 18.6 Å². The number of pyridine rings is 1. The van der Waals surface area contributed by atoms with Gasteiger partial charge in [0.1, 0.15) is 0 Å². The number of carbonyl (C=O) groups excluding carboxylic acids is 1. The van der Waals surface area contributed by atoms with Gasteiger partial charge in [-0.05, 0) is 80.4 Å². The fourth-order valence-corrected chi connectivity index (χ4v) is 8.88. The van der Waals surface area contributed by atoms with Crippen molar-refractivity contribution in [3.63, 3.8) is 0 Å². The molecule has 4 nitrogen and oxygen atoms in total. The van der Waals surface area contributed by atoms with E-state index in [0.717, 1.165) is 43.0 Å². The van der Waals surface area contributed by atoms with Gasteiger partial charge in [0.25, 0.3) is 0 Å². The minimum atomic E-state index is 0.0247. The summed E-state index contributed by atoms with van der Waals surface area (Å²) in [6, 6.07) is 4.04. The van der Waals surface area contributed by atoms with Crippen LogP contribution < -0.4 is 0 Å². The first kappa shape index (κ1) is 17.8. The summed E-state index contributed by atoms with van der Waals surface area (Å²) >= 11 is 2.04. The Morgan fingerprint density at radius 2 is 1.71 bits per heavy atom. The van der Waals surface area contributed by atoms with Gasteiger partial charge < -0.3 is 9.64 Å². The zero-order valence-corrected chi connectivity index (χ0v) is 17.3. The van der Waals surface area contributed by atoms with E-state index in [1.807, 2.05) is 36.3 Å². The highest BCUT2D eigenvalue weighted by Gasteiger charge is 2.59. The molecule has 28 heavy (non-hydrogen) atoms. The molecule has 0 radical (unpaired) electrons. The third-order valence-electron chi connectivity index (χ3n) is 8.15. The summed E-state index contributed by atoms with van der Waals surface area (Å²) in [6.45, 7) is 2.57. The molecule has 4 saturated carbocycles. The second kappa shape index (κ2) is 6.46. The van der Waals surface area contributed by atoms with Gasteiger partial charge in [-0.3, -0.25) is 9.78 Å². The monoisotopic (exact) mass is 398 g/mol. The molecule has 1 aromatic heterocycles. The smallest absolute Gasteiger partial charge is 0.228 e. The highest BCUT2D eigenvalue weighted by Crippen LogP contribution is 2.61. The van der Waals surface area contributed by atoms with Crippen molar-refractivity contribution in [2.75, 3.05) is 18.8 Å². The molecule has 4 aliphatic carbocycles. The van der Waals surface area contributed by atoms with E-state index in [4.69, 9.17) is 4.74 Å². The van der Waals surface area contributed by atoms with Gasteiger partial charge in [-0.15, -0.1) is 11.8 Å². The highest BCUT2D eigenvalue weighted by atomic mass is 32.2. The van der Waals surface area contributed by atoms with E-state index in [1.165, 1.54) is 44.1 Å². The number of aromatic nitrogens is 1. The van der Waals surface area contributed by atoms with E-state index in [1.54, 1.807) is 0 Å². The Morgan fingerprint density at radius 1 is 1.07 bits per heavy atom. The number of amides is 1. The summed E-state index contributed by atoms with van der Waals surface area (Å²) in [4.78, 5) is 19.8. The van der Waals surface area contributed by atoms with Gasteiger partial charge in [0, 0.05) is 31.2 Å². The molecule has 2 saturated heterocycles. The number of rotatable bonds is 4. The molecule has 0 N–H and O–H groups in total. The predicted octanol–water partition coefficient (Wildman–Crippen LogP) is 3.90. The molecule has 3 heterocycles. The van der Waals surface area contributed by atoms with Crippen LogP contribution in [0.5, 0.6) is 0 Å². The van der Waals surface area contributed by atoms with Crippen LogP contribution in [0.15, 0.2) is 24.5 Å². The van der Waals surface area contributed by atoms with Crippen LogP contribution >= 0.6 is 11.8 Å². The molecule has 2 aliphatic heterocycles. The van der Waals surface area contributed by atoms with Gasteiger partial charge in [0.2, 0.25) is 5.91 Å². The van der Waals surface area contributed by atoms with E-state index in [-0.39, 0.29) is 10.2 Å². The van der Waals surface area contributed by atoms with Gasteiger partial charge in [-0.2, -0.15) is 0 Å². The molecule has 5 heteroatoms. The molecule has 0 unspecified atom stereocenters. The second-order valence-corrected chi connectivity index (χ2v) is 11.8. The first-order chi connectivity index (χ1) is 13.6. The van der Waals surface area contributed by atoms with Crippen molar-refractivity contribution in [2.24, 2.45) is 23.2 Å². The number of hydrogen-bond acceptors (Lipinski definition) is 4. The number of likely N-dealkylation sites (tertiary alicyclic amines) is 1. The summed E-state index contributed by atoms with van der Waals surface area (Å²) in [5, 5.41) is 0. The summed E-state index contributed by atoms with van der Waals surface area (Å²) in [6.07, 6.45) is 12.8. The van der Waals surface area contributed by atoms with Crippen molar-refractivity contribution in [3.8, 4) is 0 Å². The number of thioether (sulfide) groups is 1. The maximum Gasteiger partial charge on any atom is 0.228 e. The Bertz CT molecular complexity index is 726. The normalized spacial score (nSPS) is 40.1. The SMILES string of the molecule is O=C(N1CC2(C[C@H](OCc3ccncc3)CS2)C1)C12CC3CC(CC(C3)C1)C2. The van der Waals surface area contributed by atoms with Crippen molar-refractivity contribution >= 4 is 17.7 Å². The zero-order valence-electron chi connectivity index (χ0n) is 16.5. The van der Waals surface area contributed by atoms with Crippen molar-refractivity contribution in [1.82, 2.24) is 9.88 Å². The lowest BCUT2D eigenvalue weighted by Gasteiger charge is -2.59. The third kappa shape index (κ3) is 2.92. The maximum atomic E-state index is 13.5. The van der Waals surface area contributed by atoms with Crippen LogP contribution in [0.3, 0.4) is 0 Å². The lowest BCUT2D eigenvalue weighted by molar-refractivity contribution is -0.163. The lowest BCUT2D eigenvalue weighted by atomic mass is 9.49. The fourth-order valence-electron chi connectivity index (χ4n) is 7.32. The Kier molecular flexibility index (Phi) is 4.10. The third-order valence-corrected chi connectivity index (χ3v) is 9.72. The van der Waals surface area contributed by atoms with E-state index >= 15 is 0 Å². The van der Waals surface area contributed by atoms with Crippen molar-refractivity contribution in [2.45, 2.75) is 62.4 Å². The zero-order chi connectivity index (χ0) is 18.8. The second-order valence-electron chi connectivity index (χ2n) is 10.3. The molecule has 6 fully saturated rings. The quantitative estimate of drug-likeness (QED) is 0.771. The largest absolute Gasteiger partial charge is 0.373 e. The predicted molar refractivity (Wildman–Crippen MR) is 110 cm³/mol. The summed E-state index contributed by atoms with van der Waals surface area (Å²) in [7, 11) is 0. The number of hydrogen-bond donors (Lipinski definition) is 0. The first-order valence-electron chi connectivity index (χ1n) is 11.1. The van der Waals surface area contributed by atoms with Crippen molar-refractivity contribution in [1.29, 1.82) is 0 Å². The van der Waals surface area contributed by atoms with Crippen LogP contribution in [-0.4, -0.2) is 45.5 Å². The van der Waals surface area contributed by atoms with Crippen LogP contribution in [0.1, 0.15) is 50.5 Å². The Hall–Kier alpha value is -1.07. The van der Waals surface area contributed by atoms with E-state index in [9.17, 15) is 4.79 Å². The molecule has 7 rings (SSSR count). The number of carbonyl (C=O) groups is 1. The Labute approximate surface area is 171 Å². The van der Waals surface area contributed by atoms with Crippen LogP contribution in [0.25, 0.3) is 0 Å². The maximum absolute atomic E-state index is 13.5. The minimum absolute atomic E-state index is 0.0247. The van der Waals surface area contributed by atoms with Crippen LogP contribution in [-0.2, 0) is 16.1 Å². The number of ether oxygens (including phenoxy) is 1. The van der Waals surface area contributed by atoms with E-state index < -0.39 is 0 Å². The topological polar surface area (TPSA) is 42.4 Å². The molecule has 0 aromatic carbocycles. The molecule has 1 spiro atoms. The van der Waals surface area contributed by atoms with Gasteiger partial charge in [0.15, 0.2) is 0 Å². The molecule has 6 aliphatic rings. The summed E-state index contributed by atoms with van der Waals surface area (Å²) < 4.78 is 6.43. The standard InChI is InChI=1S/C23H30N2O2S/c26-21(22-8-17-5-18(9-22)7-19(6-17)10-22)25-14-23(15-25)11-20(13-28-23)27-12-16-1-3-24-4-2-16/h1-4,17-20H,5-15H2/t17?,18?,19?,20-,22?/m0/s1. The molecule has 1 atom stereocenters. The molecular weight excluding hydrogens is 368 g/mol. The lowest BCUT2D eigenvalue weighted by Crippen LogP contribution is -2.65. The van der Waals surface area contributed by atoms with Gasteiger partial charge in [-0.1, -0.05) is 0 Å². The molecule has 150 valence electrons. The number of nitrogens with zero attached hydrogens (tertiary/aromatic N) is 2. The average molecular weight is 399 g/mol. The summed E-state index contributed by atoms with van der Waals surface area (Å²) in [5.74, 6) is 4.11. The van der Waals surface area contributed by atoms with Gasteiger partial charge in [0.05, 0.1) is 22.9 Å². The van der Waals surface area contributed by atoms with Crippen molar-refractivity contribution in [3.05, 3.63) is 30.1 Å². The first-order valence-corrected chi connectivity index (χ1v) is 12.0. The fraction of sp³-hybridized carbons (Fsp3) is 0.739. The Balaban J connectivity index is 1.05. The average Bonchev–Trinajstić information content (AvgIpc) is 3.09. The highest BCUT2D eigenvalue weighted by molar-refractivity contribution is 8.01.